The Bertz CT molecular complexity index is 1750. The topological polar surface area (TPSA) is 66.8 Å². The lowest BCUT2D eigenvalue weighted by Gasteiger charge is -2.55. The van der Waals surface area contributed by atoms with Gasteiger partial charge in [0.05, 0.1) is 21.8 Å². The monoisotopic (exact) mass is 527 g/mol. The predicted octanol–water partition coefficient (Wildman–Crippen LogP) is 6.72. The quantitative estimate of drug-likeness (QED) is 0.277. The van der Waals surface area contributed by atoms with Gasteiger partial charge in [-0.05, 0) is 80.3 Å². The summed E-state index contributed by atoms with van der Waals surface area (Å²) < 4.78 is 1.84. The van der Waals surface area contributed by atoms with Crippen molar-refractivity contribution in [3.8, 4) is 5.69 Å². The van der Waals surface area contributed by atoms with E-state index in [-0.39, 0.29) is 5.91 Å². The summed E-state index contributed by atoms with van der Waals surface area (Å²) in [6.07, 6.45) is 4.01. The number of aryl methyl sites for hydroxylation is 3. The number of carbonyl (C=O) groups excluding carboxylic acids is 1. The van der Waals surface area contributed by atoms with Gasteiger partial charge in [0.15, 0.2) is 0 Å². The molecule has 0 bridgehead atoms. The van der Waals surface area contributed by atoms with E-state index in [1.54, 1.807) is 18.5 Å². The van der Waals surface area contributed by atoms with Crippen molar-refractivity contribution >= 4 is 45.7 Å². The lowest BCUT2D eigenvalue weighted by molar-refractivity contribution is 0.0928. The summed E-state index contributed by atoms with van der Waals surface area (Å²) in [5.74, 6) is 0.639. The second-order valence-corrected chi connectivity index (χ2v) is 10.9. The van der Waals surface area contributed by atoms with E-state index in [2.05, 4.69) is 40.3 Å². The number of carbonyl (C=O) groups is 1. The van der Waals surface area contributed by atoms with Crippen molar-refractivity contribution < 1.29 is 4.79 Å². The van der Waals surface area contributed by atoms with Gasteiger partial charge < -0.3 is 4.98 Å². The molecular formula is C29H23Cl2N5O. The minimum Gasteiger partial charge on any atom is -0.358 e. The average Bonchev–Trinajstić information content (AvgIpc) is 3.46. The molecule has 2 aliphatic rings. The summed E-state index contributed by atoms with van der Waals surface area (Å²) in [4.78, 5) is 19.7. The normalized spacial score (nSPS) is 18.1. The van der Waals surface area contributed by atoms with E-state index in [4.69, 9.17) is 23.2 Å². The fraction of sp³-hybridized carbons (Fsp3) is 0.207. The number of rotatable bonds is 2. The Morgan fingerprint density at radius 1 is 1.05 bits per heavy atom. The van der Waals surface area contributed by atoms with Crippen LogP contribution >= 0.6 is 23.2 Å². The summed E-state index contributed by atoms with van der Waals surface area (Å²) in [5.41, 5.74) is 7.71. The summed E-state index contributed by atoms with van der Waals surface area (Å²) in [7, 11) is 0. The Labute approximate surface area is 223 Å². The van der Waals surface area contributed by atoms with E-state index >= 15 is 0 Å². The molecule has 1 aliphatic heterocycles. The Kier molecular flexibility index (Phi) is 4.85. The molecule has 2 aromatic heterocycles. The van der Waals surface area contributed by atoms with Crippen molar-refractivity contribution in [2.24, 2.45) is 0 Å². The van der Waals surface area contributed by atoms with Crippen LogP contribution in [0.4, 0.5) is 5.69 Å². The predicted molar refractivity (Wildman–Crippen MR) is 146 cm³/mol. The summed E-state index contributed by atoms with van der Waals surface area (Å²) in [6.45, 7) is 3.97. The highest BCUT2D eigenvalue weighted by Gasteiger charge is 2.54. The van der Waals surface area contributed by atoms with Crippen LogP contribution in [0.15, 0.2) is 60.9 Å². The minimum atomic E-state index is -0.475. The standard InChI is InChI=1S/C29H23Cl2N5O/c1-16-3-6-20-22-14-29(10-9-25(22)33-26(20)11-16)23-12-18(30)4-8-27(23)36(29)28(37)21-7-5-19(13-24(21)31)35-15-32-34-17(35)2/h3-8,11-13,15,33H,9-10,14H2,1-2H3. The van der Waals surface area contributed by atoms with Gasteiger partial charge in [-0.3, -0.25) is 14.3 Å². The molecule has 7 rings (SSSR count). The van der Waals surface area contributed by atoms with Crippen molar-refractivity contribution in [2.45, 2.75) is 38.6 Å². The molecule has 1 aliphatic carbocycles. The van der Waals surface area contributed by atoms with Crippen LogP contribution < -0.4 is 4.90 Å². The van der Waals surface area contributed by atoms with Crippen LogP contribution in [-0.2, 0) is 18.4 Å². The fourth-order valence-corrected chi connectivity index (χ4v) is 6.57. The Hall–Kier alpha value is -3.61. The highest BCUT2D eigenvalue weighted by atomic mass is 35.5. The van der Waals surface area contributed by atoms with Crippen molar-refractivity contribution in [1.29, 1.82) is 0 Å². The molecule has 8 heteroatoms. The molecule has 3 aromatic carbocycles. The molecular weight excluding hydrogens is 505 g/mol. The molecule has 1 N–H and O–H groups in total. The van der Waals surface area contributed by atoms with Crippen LogP contribution in [-0.4, -0.2) is 25.7 Å². The van der Waals surface area contributed by atoms with Gasteiger partial charge in [-0.1, -0.05) is 35.3 Å². The third-order valence-corrected chi connectivity index (χ3v) is 8.47. The number of nitrogens with one attached hydrogen (secondary N) is 1. The Balaban J connectivity index is 1.32. The number of fused-ring (bicyclic) bond motifs is 5. The van der Waals surface area contributed by atoms with E-state index < -0.39 is 5.54 Å². The first-order valence-corrected chi connectivity index (χ1v) is 13.0. The minimum absolute atomic E-state index is 0.106. The van der Waals surface area contributed by atoms with Crippen LogP contribution in [0, 0.1) is 13.8 Å². The van der Waals surface area contributed by atoms with Crippen LogP contribution in [0.3, 0.4) is 0 Å². The molecule has 1 atom stereocenters. The number of aromatic nitrogens is 4. The maximum atomic E-state index is 14.2. The smallest absolute Gasteiger partial charge is 0.260 e. The van der Waals surface area contributed by atoms with Gasteiger partial charge in [0.2, 0.25) is 0 Å². The first-order chi connectivity index (χ1) is 17.9. The summed E-state index contributed by atoms with van der Waals surface area (Å²) >= 11 is 13.2. The van der Waals surface area contributed by atoms with Crippen LogP contribution in [0.25, 0.3) is 16.6 Å². The Morgan fingerprint density at radius 2 is 1.92 bits per heavy atom. The SMILES string of the molecule is Cc1ccc2c3c([nH]c2c1)CCC1(C3)c2cc(Cl)ccc2N1C(=O)c1ccc(-n2cnnc2C)cc1Cl. The van der Waals surface area contributed by atoms with Gasteiger partial charge in [0, 0.05) is 39.3 Å². The zero-order chi connectivity index (χ0) is 25.5. The van der Waals surface area contributed by atoms with E-state index in [0.29, 0.717) is 15.6 Å². The van der Waals surface area contributed by atoms with E-state index in [1.807, 2.05) is 40.7 Å². The van der Waals surface area contributed by atoms with Crippen molar-refractivity contribution in [3.63, 3.8) is 0 Å². The van der Waals surface area contributed by atoms with E-state index in [9.17, 15) is 4.79 Å². The molecule has 0 fully saturated rings. The lowest BCUT2D eigenvalue weighted by Crippen LogP contribution is -2.60. The van der Waals surface area contributed by atoms with Gasteiger partial charge in [0.1, 0.15) is 12.2 Å². The zero-order valence-electron chi connectivity index (χ0n) is 20.3. The average molecular weight is 528 g/mol. The van der Waals surface area contributed by atoms with Crippen LogP contribution in [0.2, 0.25) is 10.0 Å². The van der Waals surface area contributed by atoms with Gasteiger partial charge in [-0.15, -0.1) is 10.2 Å². The number of hydrogen-bond donors (Lipinski definition) is 1. The molecule has 1 spiro atoms. The van der Waals surface area contributed by atoms with Crippen LogP contribution in [0.5, 0.6) is 0 Å². The number of nitrogens with zero attached hydrogens (tertiary/aromatic N) is 4. The van der Waals surface area contributed by atoms with E-state index in [1.165, 1.54) is 22.2 Å². The molecule has 0 radical (unpaired) electrons. The number of hydrogen-bond acceptors (Lipinski definition) is 3. The van der Waals surface area contributed by atoms with Crippen molar-refractivity contribution in [1.82, 2.24) is 19.7 Å². The molecule has 184 valence electrons. The number of benzene rings is 3. The molecule has 3 heterocycles. The molecule has 0 saturated heterocycles. The highest BCUT2D eigenvalue weighted by molar-refractivity contribution is 6.35. The lowest BCUT2D eigenvalue weighted by atomic mass is 9.67. The maximum Gasteiger partial charge on any atom is 0.260 e. The second kappa shape index (κ2) is 7.94. The van der Waals surface area contributed by atoms with Gasteiger partial charge in [0.25, 0.3) is 5.91 Å². The first-order valence-electron chi connectivity index (χ1n) is 12.3. The second-order valence-electron chi connectivity index (χ2n) is 10.1. The number of amides is 1. The molecule has 0 saturated carbocycles. The van der Waals surface area contributed by atoms with Crippen molar-refractivity contribution in [3.05, 3.63) is 105 Å². The maximum absolute atomic E-state index is 14.2. The highest BCUT2D eigenvalue weighted by Crippen LogP contribution is 2.56. The summed E-state index contributed by atoms with van der Waals surface area (Å²) in [6, 6.07) is 17.8. The molecule has 1 amide bonds. The van der Waals surface area contributed by atoms with Gasteiger partial charge >= 0.3 is 0 Å². The summed E-state index contributed by atoms with van der Waals surface area (Å²) in [5, 5.41) is 10.3. The van der Waals surface area contributed by atoms with Gasteiger partial charge in [-0.2, -0.15) is 0 Å². The fourth-order valence-electron chi connectivity index (χ4n) is 6.15. The van der Waals surface area contributed by atoms with Gasteiger partial charge in [-0.25, -0.2) is 0 Å². The van der Waals surface area contributed by atoms with Crippen molar-refractivity contribution in [2.75, 3.05) is 4.90 Å². The number of halogens is 2. The zero-order valence-corrected chi connectivity index (χ0v) is 21.9. The van der Waals surface area contributed by atoms with Crippen LogP contribution in [0.1, 0.15) is 45.0 Å². The molecule has 6 nitrogen and oxygen atoms in total. The van der Waals surface area contributed by atoms with E-state index in [0.717, 1.165) is 47.5 Å². The third-order valence-electron chi connectivity index (χ3n) is 7.92. The Morgan fingerprint density at radius 3 is 2.70 bits per heavy atom. The number of aromatic amines is 1. The molecule has 1 unspecified atom stereocenters. The molecule has 37 heavy (non-hydrogen) atoms. The number of H-pyrrole nitrogens is 1. The number of anilines is 1. The molecule has 5 aromatic rings. The first kappa shape index (κ1) is 22.6. The third kappa shape index (κ3) is 3.22. The largest absolute Gasteiger partial charge is 0.358 e.